The van der Waals surface area contributed by atoms with Gasteiger partial charge >= 0.3 is 0 Å². The molecule has 7 heteroatoms. The van der Waals surface area contributed by atoms with E-state index in [9.17, 15) is 9.59 Å². The fourth-order valence-corrected chi connectivity index (χ4v) is 4.14. The monoisotopic (exact) mass is 445 g/mol. The summed E-state index contributed by atoms with van der Waals surface area (Å²) in [6.45, 7) is 4.92. The summed E-state index contributed by atoms with van der Waals surface area (Å²) < 4.78 is 2.21. The van der Waals surface area contributed by atoms with Crippen molar-refractivity contribution in [2.45, 2.75) is 58.5 Å². The second-order valence-electron chi connectivity index (χ2n) is 8.67. The van der Waals surface area contributed by atoms with Crippen LogP contribution in [0.25, 0.3) is 11.4 Å². The number of nitrogens with zero attached hydrogens (tertiary/aromatic N) is 3. The smallest absolute Gasteiger partial charge is 0.251 e. The van der Waals surface area contributed by atoms with E-state index in [1.807, 2.05) is 56.3 Å². The lowest BCUT2D eigenvalue weighted by atomic mass is 9.97. The third-order valence-electron chi connectivity index (χ3n) is 6.34. The Morgan fingerprint density at radius 1 is 1.00 bits per heavy atom. The van der Waals surface area contributed by atoms with Crippen molar-refractivity contribution in [3.63, 3.8) is 0 Å². The first-order chi connectivity index (χ1) is 16.1. The van der Waals surface area contributed by atoms with Crippen molar-refractivity contribution in [2.75, 3.05) is 5.32 Å². The molecule has 1 aromatic heterocycles. The van der Waals surface area contributed by atoms with Crippen LogP contribution in [0.15, 0.2) is 54.6 Å². The zero-order chi connectivity index (χ0) is 23.2. The van der Waals surface area contributed by atoms with E-state index in [0.717, 1.165) is 49.4 Å². The van der Waals surface area contributed by atoms with Crippen LogP contribution in [0.5, 0.6) is 0 Å². The average molecular weight is 446 g/mol. The molecule has 2 N–H and O–H groups in total. The lowest BCUT2D eigenvalue weighted by Crippen LogP contribution is -2.47. The minimum atomic E-state index is -0.630. The normalized spacial score (nSPS) is 15.1. The zero-order valence-corrected chi connectivity index (χ0v) is 19.3. The largest absolute Gasteiger partial charge is 0.340 e. The first kappa shape index (κ1) is 22.7. The molecule has 0 saturated carbocycles. The molecule has 2 aromatic carbocycles. The lowest BCUT2D eigenvalue weighted by molar-refractivity contribution is -0.119. The van der Waals surface area contributed by atoms with Gasteiger partial charge in [0, 0.05) is 29.8 Å². The molecular weight excluding hydrogens is 414 g/mol. The molecule has 4 rings (SSSR count). The summed E-state index contributed by atoms with van der Waals surface area (Å²) in [7, 11) is 0. The number of anilines is 1. The van der Waals surface area contributed by atoms with Crippen molar-refractivity contribution in [1.82, 2.24) is 20.1 Å². The van der Waals surface area contributed by atoms with Gasteiger partial charge in [-0.2, -0.15) is 0 Å². The Balaban J connectivity index is 1.46. The van der Waals surface area contributed by atoms with Gasteiger partial charge in [0.05, 0.1) is 0 Å². The van der Waals surface area contributed by atoms with E-state index in [2.05, 4.69) is 25.4 Å². The maximum Gasteiger partial charge on any atom is 0.251 e. The summed E-state index contributed by atoms with van der Waals surface area (Å²) in [5.74, 6) is 1.43. The minimum Gasteiger partial charge on any atom is -0.340 e. The molecule has 0 fully saturated rings. The molecule has 2 unspecified atom stereocenters. The van der Waals surface area contributed by atoms with Gasteiger partial charge in [-0.15, -0.1) is 10.2 Å². The van der Waals surface area contributed by atoms with Crippen molar-refractivity contribution in [2.24, 2.45) is 5.92 Å². The van der Waals surface area contributed by atoms with Crippen LogP contribution in [0, 0.1) is 5.92 Å². The molecule has 33 heavy (non-hydrogen) atoms. The zero-order valence-electron chi connectivity index (χ0n) is 19.3. The van der Waals surface area contributed by atoms with Crippen LogP contribution < -0.4 is 10.6 Å². The molecule has 172 valence electrons. The maximum absolute atomic E-state index is 13.1. The van der Waals surface area contributed by atoms with Gasteiger partial charge in [-0.05, 0) is 55.2 Å². The molecular formula is C26H31N5O2. The highest BCUT2D eigenvalue weighted by Crippen LogP contribution is 2.24. The molecule has 0 bridgehead atoms. The van der Waals surface area contributed by atoms with Gasteiger partial charge in [0.2, 0.25) is 5.91 Å². The second kappa shape index (κ2) is 10.4. The van der Waals surface area contributed by atoms with E-state index in [-0.39, 0.29) is 17.7 Å². The fraction of sp³-hybridized carbons (Fsp3) is 0.385. The Morgan fingerprint density at radius 2 is 1.76 bits per heavy atom. The molecule has 7 nitrogen and oxygen atoms in total. The summed E-state index contributed by atoms with van der Waals surface area (Å²) in [4.78, 5) is 25.7. The first-order valence-electron chi connectivity index (χ1n) is 11.8. The Morgan fingerprint density at radius 3 is 2.48 bits per heavy atom. The highest BCUT2D eigenvalue weighted by atomic mass is 16.2. The van der Waals surface area contributed by atoms with Crippen LogP contribution in [0.2, 0.25) is 0 Å². The van der Waals surface area contributed by atoms with Gasteiger partial charge in [0.1, 0.15) is 11.9 Å². The number of nitrogens with one attached hydrogen (secondary N) is 2. The second-order valence-corrected chi connectivity index (χ2v) is 8.67. The number of aryl methyl sites for hydroxylation is 1. The van der Waals surface area contributed by atoms with E-state index in [4.69, 9.17) is 0 Å². The van der Waals surface area contributed by atoms with Gasteiger partial charge in [0.15, 0.2) is 5.82 Å². The van der Waals surface area contributed by atoms with Crippen molar-refractivity contribution in [3.8, 4) is 11.4 Å². The minimum absolute atomic E-state index is 0.0108. The highest BCUT2D eigenvalue weighted by Gasteiger charge is 2.26. The Hall–Kier alpha value is -3.48. The fourth-order valence-electron chi connectivity index (χ4n) is 4.14. The van der Waals surface area contributed by atoms with E-state index < -0.39 is 6.04 Å². The Bertz CT molecular complexity index is 1090. The maximum atomic E-state index is 13.1. The van der Waals surface area contributed by atoms with E-state index in [1.165, 1.54) is 6.42 Å². The van der Waals surface area contributed by atoms with Gasteiger partial charge in [-0.1, -0.05) is 44.9 Å². The first-order valence-corrected chi connectivity index (χ1v) is 11.8. The van der Waals surface area contributed by atoms with Crippen molar-refractivity contribution < 1.29 is 9.59 Å². The van der Waals surface area contributed by atoms with Crippen molar-refractivity contribution in [1.29, 1.82) is 0 Å². The summed E-state index contributed by atoms with van der Waals surface area (Å²) in [6.07, 6.45) is 5.24. The molecule has 0 radical (unpaired) electrons. The van der Waals surface area contributed by atoms with E-state index >= 15 is 0 Å². The van der Waals surface area contributed by atoms with Gasteiger partial charge in [0.25, 0.3) is 5.91 Å². The topological polar surface area (TPSA) is 88.9 Å². The molecule has 2 amide bonds. The van der Waals surface area contributed by atoms with Gasteiger partial charge in [-0.25, -0.2) is 0 Å². The summed E-state index contributed by atoms with van der Waals surface area (Å²) in [6, 6.07) is 16.0. The van der Waals surface area contributed by atoms with Gasteiger partial charge in [-0.3, -0.25) is 9.59 Å². The third kappa shape index (κ3) is 5.30. The number of hydrogen-bond acceptors (Lipinski definition) is 4. The number of benzene rings is 2. The molecule has 0 saturated heterocycles. The Labute approximate surface area is 194 Å². The molecule has 0 aliphatic carbocycles. The third-order valence-corrected chi connectivity index (χ3v) is 6.34. The molecule has 1 aliphatic heterocycles. The van der Waals surface area contributed by atoms with E-state index in [1.54, 1.807) is 12.1 Å². The number of fused-ring (bicyclic) bond motifs is 1. The van der Waals surface area contributed by atoms with Crippen LogP contribution in [-0.4, -0.2) is 32.6 Å². The summed E-state index contributed by atoms with van der Waals surface area (Å²) in [5.41, 5.74) is 2.20. The number of carbonyl (C=O) groups excluding carboxylic acids is 2. The summed E-state index contributed by atoms with van der Waals surface area (Å²) >= 11 is 0. The predicted molar refractivity (Wildman–Crippen MR) is 129 cm³/mol. The highest BCUT2D eigenvalue weighted by molar-refractivity contribution is 6.01. The van der Waals surface area contributed by atoms with Crippen molar-refractivity contribution in [3.05, 3.63) is 66.0 Å². The van der Waals surface area contributed by atoms with E-state index in [0.29, 0.717) is 11.3 Å². The van der Waals surface area contributed by atoms with Crippen molar-refractivity contribution >= 4 is 17.5 Å². The lowest BCUT2D eigenvalue weighted by Gasteiger charge is -2.23. The van der Waals surface area contributed by atoms with Crippen LogP contribution in [0.3, 0.4) is 0 Å². The van der Waals surface area contributed by atoms with Crippen LogP contribution in [0.4, 0.5) is 5.69 Å². The van der Waals surface area contributed by atoms with Crippen LogP contribution in [0.1, 0.15) is 55.7 Å². The molecule has 0 spiro atoms. The number of aromatic nitrogens is 3. The quantitative estimate of drug-likeness (QED) is 0.562. The number of hydrogen-bond donors (Lipinski definition) is 2. The van der Waals surface area contributed by atoms with Gasteiger partial charge < -0.3 is 15.2 Å². The number of amides is 2. The number of carbonyl (C=O) groups is 2. The standard InChI is InChI=1S/C26H31N5O2/c1-3-18(2)23(28-25(32)20-10-6-4-7-11-20)26(33)27-21-15-13-19(14-16-21)24-30-29-22-12-8-5-9-17-31(22)24/h4,6-7,10-11,13-16,18,23H,3,5,8-9,12,17H2,1-2H3,(H,27,33)(H,28,32). The van der Waals surface area contributed by atoms with Crippen LogP contribution in [-0.2, 0) is 17.8 Å². The van der Waals surface area contributed by atoms with Crippen LogP contribution >= 0.6 is 0 Å². The molecule has 2 atom stereocenters. The SMILES string of the molecule is CCC(C)C(NC(=O)c1ccccc1)C(=O)Nc1ccc(-c2nnc3n2CCCCC3)cc1. The summed E-state index contributed by atoms with van der Waals surface area (Å²) in [5, 5.41) is 14.6. The Kier molecular flexibility index (Phi) is 7.17. The molecule has 2 heterocycles. The molecule has 3 aromatic rings. The molecule has 1 aliphatic rings. The predicted octanol–water partition coefficient (Wildman–Crippen LogP) is 4.45. The number of rotatable bonds is 7. The average Bonchev–Trinajstić information content (AvgIpc) is 3.10.